The van der Waals surface area contributed by atoms with Crippen molar-refractivity contribution in [3.8, 4) is 0 Å². The van der Waals surface area contributed by atoms with Crippen LogP contribution in [-0.2, 0) is 24.0 Å². The number of anilines is 2. The van der Waals surface area contributed by atoms with Crippen molar-refractivity contribution in [2.45, 2.75) is 77.9 Å². The highest BCUT2D eigenvalue weighted by Gasteiger charge is 2.37. The van der Waals surface area contributed by atoms with Gasteiger partial charge in [0.15, 0.2) is 8.32 Å². The molecule has 0 unspecified atom stereocenters. The Balaban J connectivity index is 1.80. The Labute approximate surface area is 171 Å². The van der Waals surface area contributed by atoms with Gasteiger partial charge in [-0.05, 0) is 67.2 Å². The maximum absolute atomic E-state index is 6.43. The maximum Gasteiger partial charge on any atom is 0.192 e. The summed E-state index contributed by atoms with van der Waals surface area (Å²) >= 11 is 0. The van der Waals surface area contributed by atoms with Crippen LogP contribution >= 0.6 is 0 Å². The summed E-state index contributed by atoms with van der Waals surface area (Å²) in [7, 11) is -1.74. The van der Waals surface area contributed by atoms with Crippen molar-refractivity contribution in [2.75, 3.05) is 10.6 Å². The van der Waals surface area contributed by atoms with E-state index in [-0.39, 0.29) is 10.6 Å². The Hall–Kier alpha value is -1.85. The normalized spacial score (nSPS) is 16.8. The highest BCUT2D eigenvalue weighted by molar-refractivity contribution is 6.74. The van der Waals surface area contributed by atoms with Gasteiger partial charge in [0.25, 0.3) is 0 Å². The van der Waals surface area contributed by atoms with Gasteiger partial charge in [-0.15, -0.1) is 0 Å². The molecule has 3 rings (SSSR count). The molecule has 1 aromatic heterocycles. The lowest BCUT2D eigenvalue weighted by Gasteiger charge is -2.45. The van der Waals surface area contributed by atoms with Crippen LogP contribution in [-0.4, -0.2) is 18.8 Å². The second-order valence-corrected chi connectivity index (χ2v) is 15.0. The average Bonchev–Trinajstić information content (AvgIpc) is 2.58. The Bertz CT molecular complexity index is 838. The van der Waals surface area contributed by atoms with Crippen LogP contribution in [0.1, 0.15) is 51.3 Å². The van der Waals surface area contributed by atoms with Crippen LogP contribution in [0, 0.1) is 0 Å². The van der Waals surface area contributed by atoms with Gasteiger partial charge < -0.3 is 15.1 Å². The SMILES string of the molecule is CC1(C)Cc2cc(CO[Si](C)(C)C(C)(C)C)ccc2CN1c1ccc(N)nc1. The van der Waals surface area contributed by atoms with Crippen LogP contribution in [0.2, 0.25) is 18.1 Å². The summed E-state index contributed by atoms with van der Waals surface area (Å²) in [4.78, 5) is 6.70. The first-order valence-electron chi connectivity index (χ1n) is 10.1. The topological polar surface area (TPSA) is 51.4 Å². The molecule has 2 N–H and O–H groups in total. The smallest absolute Gasteiger partial charge is 0.192 e. The first-order chi connectivity index (χ1) is 12.9. The van der Waals surface area contributed by atoms with Gasteiger partial charge in [0, 0.05) is 12.1 Å². The van der Waals surface area contributed by atoms with Crippen molar-refractivity contribution in [3.05, 3.63) is 53.2 Å². The van der Waals surface area contributed by atoms with E-state index in [0.717, 1.165) is 18.7 Å². The van der Waals surface area contributed by atoms with Crippen LogP contribution in [0.15, 0.2) is 36.5 Å². The van der Waals surface area contributed by atoms with E-state index in [1.165, 1.54) is 16.7 Å². The largest absolute Gasteiger partial charge is 0.413 e. The third-order valence-corrected chi connectivity index (χ3v) is 10.9. The summed E-state index contributed by atoms with van der Waals surface area (Å²) in [6, 6.07) is 10.8. The predicted octanol–water partition coefficient (Wildman–Crippen LogP) is 5.53. The van der Waals surface area contributed by atoms with Crippen molar-refractivity contribution < 1.29 is 4.43 Å². The van der Waals surface area contributed by atoms with Crippen molar-refractivity contribution in [1.29, 1.82) is 0 Å². The Morgan fingerprint density at radius 2 is 1.86 bits per heavy atom. The lowest BCUT2D eigenvalue weighted by molar-refractivity contribution is 0.276. The van der Waals surface area contributed by atoms with Crippen molar-refractivity contribution >= 4 is 19.8 Å². The molecule has 4 nitrogen and oxygen atoms in total. The number of hydrogen-bond acceptors (Lipinski definition) is 4. The number of nitrogen functional groups attached to an aromatic ring is 1. The average molecular weight is 398 g/mol. The molecular weight excluding hydrogens is 362 g/mol. The zero-order valence-electron chi connectivity index (χ0n) is 18.5. The molecule has 0 aliphatic carbocycles. The number of aromatic nitrogens is 1. The van der Waals surface area contributed by atoms with Crippen LogP contribution in [0.3, 0.4) is 0 Å². The number of nitrogens with zero attached hydrogens (tertiary/aromatic N) is 2. The van der Waals surface area contributed by atoms with E-state index in [1.54, 1.807) is 0 Å². The highest BCUT2D eigenvalue weighted by Crippen LogP contribution is 2.38. The number of pyridine rings is 1. The lowest BCUT2D eigenvalue weighted by Crippen LogP contribution is -2.48. The molecule has 152 valence electrons. The van der Waals surface area contributed by atoms with Gasteiger partial charge in [0.2, 0.25) is 0 Å². The van der Waals surface area contributed by atoms with E-state index in [1.807, 2.05) is 12.3 Å². The minimum atomic E-state index is -1.74. The molecule has 0 bridgehead atoms. The van der Waals surface area contributed by atoms with Crippen molar-refractivity contribution in [2.24, 2.45) is 0 Å². The molecule has 0 radical (unpaired) electrons. The molecule has 0 atom stereocenters. The molecular formula is C23H35N3OSi. The van der Waals surface area contributed by atoms with E-state index >= 15 is 0 Å². The number of benzene rings is 1. The minimum absolute atomic E-state index is 0.0176. The van der Waals surface area contributed by atoms with Crippen molar-refractivity contribution in [1.82, 2.24) is 4.98 Å². The van der Waals surface area contributed by atoms with E-state index in [4.69, 9.17) is 10.2 Å². The molecule has 0 spiro atoms. The molecule has 2 heterocycles. The lowest BCUT2D eigenvalue weighted by atomic mass is 9.84. The van der Waals surface area contributed by atoms with Gasteiger partial charge in [0.05, 0.1) is 18.5 Å². The van der Waals surface area contributed by atoms with Gasteiger partial charge in [-0.2, -0.15) is 0 Å². The van der Waals surface area contributed by atoms with Crippen LogP contribution in [0.4, 0.5) is 11.5 Å². The fourth-order valence-electron chi connectivity index (χ4n) is 3.51. The molecule has 0 fully saturated rings. The van der Waals surface area contributed by atoms with E-state index in [0.29, 0.717) is 12.4 Å². The summed E-state index contributed by atoms with van der Waals surface area (Å²) in [5.74, 6) is 0.560. The van der Waals surface area contributed by atoms with Gasteiger partial charge in [-0.3, -0.25) is 0 Å². The summed E-state index contributed by atoms with van der Waals surface area (Å²) in [6.45, 7) is 17.7. The molecule has 1 aromatic carbocycles. The summed E-state index contributed by atoms with van der Waals surface area (Å²) in [5.41, 5.74) is 11.0. The van der Waals surface area contributed by atoms with Crippen LogP contribution in [0.25, 0.3) is 0 Å². The first kappa shape index (κ1) is 20.9. The third kappa shape index (κ3) is 4.25. The molecule has 0 saturated carbocycles. The van der Waals surface area contributed by atoms with E-state index in [9.17, 15) is 0 Å². The Morgan fingerprint density at radius 3 is 2.46 bits per heavy atom. The van der Waals surface area contributed by atoms with E-state index < -0.39 is 8.32 Å². The van der Waals surface area contributed by atoms with E-state index in [2.05, 4.69) is 81.9 Å². The van der Waals surface area contributed by atoms with Crippen molar-refractivity contribution in [3.63, 3.8) is 0 Å². The zero-order valence-corrected chi connectivity index (χ0v) is 19.5. The summed E-state index contributed by atoms with van der Waals surface area (Å²) in [6.07, 6.45) is 2.88. The van der Waals surface area contributed by atoms with Gasteiger partial charge in [0.1, 0.15) is 5.82 Å². The molecule has 1 aliphatic rings. The monoisotopic (exact) mass is 397 g/mol. The molecule has 0 amide bonds. The summed E-state index contributed by atoms with van der Waals surface area (Å²) in [5, 5.41) is 0.233. The second-order valence-electron chi connectivity index (χ2n) is 10.2. The first-order valence-corrected chi connectivity index (χ1v) is 13.0. The van der Waals surface area contributed by atoms with Gasteiger partial charge in [-0.25, -0.2) is 4.98 Å². The standard InChI is InChI=1S/C23H35N3OSi/c1-22(2,3)28(6,7)27-16-17-8-9-18-15-26(20-10-11-21(24)25-14-20)23(4,5)13-19(18)12-17/h8-12,14H,13,15-16H2,1-7H3,(H2,24,25). The second kappa shape index (κ2) is 7.19. The quantitative estimate of drug-likeness (QED) is 0.690. The number of rotatable bonds is 4. The molecule has 28 heavy (non-hydrogen) atoms. The minimum Gasteiger partial charge on any atom is -0.413 e. The maximum atomic E-state index is 6.43. The highest BCUT2D eigenvalue weighted by atomic mass is 28.4. The molecule has 5 heteroatoms. The number of nitrogens with two attached hydrogens (primary N) is 1. The van der Waals surface area contributed by atoms with Crippen LogP contribution in [0.5, 0.6) is 0 Å². The Kier molecular flexibility index (Phi) is 5.36. The van der Waals surface area contributed by atoms with Crippen LogP contribution < -0.4 is 10.6 Å². The zero-order chi connectivity index (χ0) is 20.7. The Morgan fingerprint density at radius 1 is 1.14 bits per heavy atom. The third-order valence-electron chi connectivity index (χ3n) is 6.44. The fourth-order valence-corrected chi connectivity index (χ4v) is 4.47. The fraction of sp³-hybridized carbons (Fsp3) is 0.522. The molecule has 2 aromatic rings. The van der Waals surface area contributed by atoms with Gasteiger partial charge in [-0.1, -0.05) is 39.0 Å². The summed E-state index contributed by atoms with van der Waals surface area (Å²) < 4.78 is 6.43. The number of hydrogen-bond donors (Lipinski definition) is 1. The molecule has 1 aliphatic heterocycles. The van der Waals surface area contributed by atoms with Gasteiger partial charge >= 0.3 is 0 Å². The number of fused-ring (bicyclic) bond motifs is 1. The predicted molar refractivity (Wildman–Crippen MR) is 121 cm³/mol. The molecule has 0 saturated heterocycles.